The van der Waals surface area contributed by atoms with E-state index >= 15 is 0 Å². The highest BCUT2D eigenvalue weighted by Crippen LogP contribution is 2.29. The van der Waals surface area contributed by atoms with Gasteiger partial charge in [-0.1, -0.05) is 11.6 Å². The molecule has 4 nitrogen and oxygen atoms in total. The van der Waals surface area contributed by atoms with Gasteiger partial charge in [0, 0.05) is 18.5 Å². The molecule has 0 aliphatic carbocycles. The van der Waals surface area contributed by atoms with E-state index < -0.39 is 0 Å². The van der Waals surface area contributed by atoms with Crippen molar-refractivity contribution in [3.8, 4) is 11.5 Å². The third-order valence-electron chi connectivity index (χ3n) is 3.66. The molecule has 1 N–H and O–H groups in total. The zero-order chi connectivity index (χ0) is 12.8. The Hall–Kier alpha value is -2.07. The second-order valence-electron chi connectivity index (χ2n) is 5.04. The van der Waals surface area contributed by atoms with Crippen LogP contribution in [0.3, 0.4) is 0 Å². The molecule has 2 aromatic heterocycles. The lowest BCUT2D eigenvalue weighted by Crippen LogP contribution is -2.28. The molecule has 0 atom stereocenters. The number of nitrogens with zero attached hydrogens (tertiary/aromatic N) is 2. The molecule has 1 aromatic carbocycles. The van der Waals surface area contributed by atoms with Crippen molar-refractivity contribution in [1.82, 2.24) is 14.9 Å². The number of hydrogen-bond acceptors (Lipinski definition) is 3. The molecule has 0 radical (unpaired) electrons. The molecule has 0 bridgehead atoms. The summed E-state index contributed by atoms with van der Waals surface area (Å²) in [6.07, 6.45) is 1.91. The van der Waals surface area contributed by atoms with Gasteiger partial charge in [0.1, 0.15) is 17.1 Å². The molecule has 3 heterocycles. The van der Waals surface area contributed by atoms with Gasteiger partial charge in [-0.3, -0.25) is 0 Å². The van der Waals surface area contributed by atoms with Gasteiger partial charge in [0.15, 0.2) is 5.76 Å². The van der Waals surface area contributed by atoms with Crippen molar-refractivity contribution in [2.75, 3.05) is 6.54 Å². The Bertz CT molecular complexity index is 754. The molecule has 0 saturated carbocycles. The van der Waals surface area contributed by atoms with Gasteiger partial charge >= 0.3 is 0 Å². The number of imidazole rings is 1. The summed E-state index contributed by atoms with van der Waals surface area (Å²) < 4.78 is 8.19. The standard InChI is InChI=1S/C15H15N3O/c1-10-2-3-13-11(6-10)7-14(19-13)12-8-17-15-9-16-4-5-18(12)15/h2-3,6-8,16H,4-5,9H2,1H3. The normalized spacial score (nSPS) is 14.8. The average molecular weight is 253 g/mol. The minimum Gasteiger partial charge on any atom is -0.454 e. The molecular formula is C15H15N3O. The molecule has 4 heteroatoms. The van der Waals surface area contributed by atoms with Crippen LogP contribution in [0.1, 0.15) is 11.4 Å². The van der Waals surface area contributed by atoms with Gasteiger partial charge in [0.2, 0.25) is 0 Å². The maximum atomic E-state index is 5.95. The monoisotopic (exact) mass is 253 g/mol. The fraction of sp³-hybridized carbons (Fsp3) is 0.267. The number of aromatic nitrogens is 2. The molecule has 0 amide bonds. The summed E-state index contributed by atoms with van der Waals surface area (Å²) in [5, 5.41) is 4.48. The molecule has 0 saturated heterocycles. The fourth-order valence-electron chi connectivity index (χ4n) is 2.68. The Kier molecular flexibility index (Phi) is 2.26. The lowest BCUT2D eigenvalue weighted by molar-refractivity contribution is 0.503. The van der Waals surface area contributed by atoms with E-state index in [2.05, 4.69) is 40.0 Å². The predicted molar refractivity (Wildman–Crippen MR) is 73.9 cm³/mol. The maximum absolute atomic E-state index is 5.95. The van der Waals surface area contributed by atoms with E-state index in [0.29, 0.717) is 0 Å². The van der Waals surface area contributed by atoms with Gasteiger partial charge in [-0.15, -0.1) is 0 Å². The van der Waals surface area contributed by atoms with Crippen molar-refractivity contribution >= 4 is 11.0 Å². The first kappa shape index (κ1) is 10.8. The molecule has 0 fully saturated rings. The van der Waals surface area contributed by atoms with Crippen LogP contribution in [0.2, 0.25) is 0 Å². The molecule has 0 spiro atoms. The molecule has 4 rings (SSSR count). The number of benzene rings is 1. The van der Waals surface area contributed by atoms with Gasteiger partial charge in [0.25, 0.3) is 0 Å². The minimum atomic E-state index is 0.833. The van der Waals surface area contributed by atoms with Crippen molar-refractivity contribution in [1.29, 1.82) is 0 Å². The van der Waals surface area contributed by atoms with Crippen molar-refractivity contribution in [3.63, 3.8) is 0 Å². The van der Waals surface area contributed by atoms with Gasteiger partial charge in [-0.25, -0.2) is 4.98 Å². The number of fused-ring (bicyclic) bond motifs is 2. The quantitative estimate of drug-likeness (QED) is 0.725. The second-order valence-corrected chi connectivity index (χ2v) is 5.04. The highest BCUT2D eigenvalue weighted by molar-refractivity contribution is 5.82. The van der Waals surface area contributed by atoms with Crippen molar-refractivity contribution in [2.24, 2.45) is 0 Å². The Balaban J connectivity index is 1.88. The van der Waals surface area contributed by atoms with E-state index in [0.717, 1.165) is 47.9 Å². The van der Waals surface area contributed by atoms with Gasteiger partial charge in [-0.05, 0) is 25.1 Å². The molecule has 1 aliphatic rings. The minimum absolute atomic E-state index is 0.833. The Morgan fingerprint density at radius 3 is 3.21 bits per heavy atom. The highest BCUT2D eigenvalue weighted by Gasteiger charge is 2.17. The van der Waals surface area contributed by atoms with Gasteiger partial charge in [0.05, 0.1) is 12.7 Å². The van der Waals surface area contributed by atoms with Crippen LogP contribution in [0.15, 0.2) is 34.9 Å². The molecule has 1 aliphatic heterocycles. The molecular weight excluding hydrogens is 238 g/mol. The largest absolute Gasteiger partial charge is 0.454 e. The van der Waals surface area contributed by atoms with Gasteiger partial charge < -0.3 is 14.3 Å². The van der Waals surface area contributed by atoms with Crippen molar-refractivity contribution < 1.29 is 4.42 Å². The summed E-state index contributed by atoms with van der Waals surface area (Å²) >= 11 is 0. The topological polar surface area (TPSA) is 43.0 Å². The van der Waals surface area contributed by atoms with Crippen LogP contribution in [0.5, 0.6) is 0 Å². The number of rotatable bonds is 1. The highest BCUT2D eigenvalue weighted by atomic mass is 16.3. The SMILES string of the molecule is Cc1ccc2oc(-c3cnc4n3CCNC4)cc2c1. The van der Waals surface area contributed by atoms with Crippen molar-refractivity contribution in [2.45, 2.75) is 20.0 Å². The van der Waals surface area contributed by atoms with Gasteiger partial charge in [-0.2, -0.15) is 0 Å². The fourth-order valence-corrected chi connectivity index (χ4v) is 2.68. The maximum Gasteiger partial charge on any atom is 0.153 e. The van der Waals surface area contributed by atoms with Crippen LogP contribution in [-0.2, 0) is 13.1 Å². The molecule has 3 aromatic rings. The van der Waals surface area contributed by atoms with Crippen LogP contribution in [-0.4, -0.2) is 16.1 Å². The third kappa shape index (κ3) is 1.68. The van der Waals surface area contributed by atoms with E-state index in [9.17, 15) is 0 Å². The lowest BCUT2D eigenvalue weighted by Gasteiger charge is -2.16. The summed E-state index contributed by atoms with van der Waals surface area (Å²) in [4.78, 5) is 4.46. The smallest absolute Gasteiger partial charge is 0.153 e. The summed E-state index contributed by atoms with van der Waals surface area (Å²) in [6.45, 7) is 4.86. The molecule has 19 heavy (non-hydrogen) atoms. The average Bonchev–Trinajstić information content (AvgIpc) is 3.00. The lowest BCUT2D eigenvalue weighted by atomic mass is 10.2. The first-order valence-electron chi connectivity index (χ1n) is 6.57. The van der Waals surface area contributed by atoms with Crippen LogP contribution in [0.4, 0.5) is 0 Å². The number of nitrogens with one attached hydrogen (secondary N) is 1. The Labute approximate surface area is 111 Å². The summed E-state index contributed by atoms with van der Waals surface area (Å²) in [6, 6.07) is 8.36. The van der Waals surface area contributed by atoms with Crippen molar-refractivity contribution in [3.05, 3.63) is 41.9 Å². The van der Waals surface area contributed by atoms with E-state index in [-0.39, 0.29) is 0 Å². The summed E-state index contributed by atoms with van der Waals surface area (Å²) in [5.74, 6) is 1.99. The van der Waals surface area contributed by atoms with Crippen LogP contribution >= 0.6 is 0 Å². The van der Waals surface area contributed by atoms with Crippen LogP contribution in [0, 0.1) is 6.92 Å². The number of hydrogen-bond donors (Lipinski definition) is 1. The summed E-state index contributed by atoms with van der Waals surface area (Å²) in [7, 11) is 0. The predicted octanol–water partition coefficient (Wildman–Crippen LogP) is 2.71. The van der Waals surface area contributed by atoms with Crippen LogP contribution in [0.25, 0.3) is 22.4 Å². The van der Waals surface area contributed by atoms with E-state index in [4.69, 9.17) is 4.42 Å². The zero-order valence-electron chi connectivity index (χ0n) is 10.8. The number of furan rings is 1. The van der Waals surface area contributed by atoms with E-state index in [1.165, 1.54) is 5.56 Å². The first-order chi connectivity index (χ1) is 9.31. The van der Waals surface area contributed by atoms with E-state index in [1.54, 1.807) is 0 Å². The Morgan fingerprint density at radius 2 is 2.26 bits per heavy atom. The first-order valence-corrected chi connectivity index (χ1v) is 6.57. The molecule has 0 unspecified atom stereocenters. The third-order valence-corrected chi connectivity index (χ3v) is 3.66. The zero-order valence-corrected chi connectivity index (χ0v) is 10.8. The number of aryl methyl sites for hydroxylation is 1. The summed E-state index contributed by atoms with van der Waals surface area (Å²) in [5.41, 5.74) is 3.26. The second kappa shape index (κ2) is 3.96. The molecule has 96 valence electrons. The van der Waals surface area contributed by atoms with Crippen LogP contribution < -0.4 is 5.32 Å². The Morgan fingerprint density at radius 1 is 1.32 bits per heavy atom. The van der Waals surface area contributed by atoms with E-state index in [1.807, 2.05) is 12.3 Å².